The van der Waals surface area contributed by atoms with Gasteiger partial charge in [0.25, 0.3) is 0 Å². The number of thioether (sulfide) groups is 1. The van der Waals surface area contributed by atoms with Crippen LogP contribution in [0.15, 0.2) is 35.2 Å². The zero-order chi connectivity index (χ0) is 11.2. The van der Waals surface area contributed by atoms with E-state index < -0.39 is 0 Å². The maximum atomic E-state index is 9.20. The Morgan fingerprint density at radius 2 is 2.12 bits per heavy atom. The van der Waals surface area contributed by atoms with Crippen molar-refractivity contribution >= 4 is 11.8 Å². The summed E-state index contributed by atoms with van der Waals surface area (Å²) in [5, 5.41) is 9.20. The summed E-state index contributed by atoms with van der Waals surface area (Å²) in [5.41, 5.74) is 0. The molecule has 0 radical (unpaired) electrons. The first kappa shape index (κ1) is 12.0. The molecule has 1 atom stereocenters. The summed E-state index contributed by atoms with van der Waals surface area (Å²) in [6, 6.07) is 10.9. The summed E-state index contributed by atoms with van der Waals surface area (Å²) in [5.74, 6) is 1.11. The Balaban J connectivity index is 1.72. The first-order chi connectivity index (χ1) is 7.90. The highest BCUT2D eigenvalue weighted by Gasteiger charge is 2.22. The molecule has 1 aromatic rings. The van der Waals surface area contributed by atoms with Gasteiger partial charge in [-0.25, -0.2) is 0 Å². The number of rotatable bonds is 5. The van der Waals surface area contributed by atoms with Crippen LogP contribution in [-0.4, -0.2) is 41.5 Å². The van der Waals surface area contributed by atoms with E-state index in [0.717, 1.165) is 25.3 Å². The third kappa shape index (κ3) is 3.24. The van der Waals surface area contributed by atoms with Gasteiger partial charge >= 0.3 is 0 Å². The van der Waals surface area contributed by atoms with Crippen molar-refractivity contribution in [3.8, 4) is 0 Å². The summed E-state index contributed by atoms with van der Waals surface area (Å²) in [6.45, 7) is 2.56. The van der Waals surface area contributed by atoms with Crippen molar-refractivity contribution < 1.29 is 5.11 Å². The Labute approximate surface area is 102 Å². The summed E-state index contributed by atoms with van der Waals surface area (Å²) in [6.07, 6.45) is 2.40. The van der Waals surface area contributed by atoms with E-state index in [-0.39, 0.29) is 0 Å². The maximum absolute atomic E-state index is 9.20. The lowest BCUT2D eigenvalue weighted by atomic mass is 10.2. The fourth-order valence-electron chi connectivity index (χ4n) is 2.19. The van der Waals surface area contributed by atoms with Gasteiger partial charge in [0.1, 0.15) is 0 Å². The molecule has 0 saturated carbocycles. The van der Waals surface area contributed by atoms with Gasteiger partial charge in [-0.2, -0.15) is 0 Å². The third-order valence-electron chi connectivity index (χ3n) is 3.10. The van der Waals surface area contributed by atoms with Crippen LogP contribution >= 0.6 is 11.8 Å². The normalized spacial score (nSPS) is 21.4. The molecule has 0 bridgehead atoms. The highest BCUT2D eigenvalue weighted by Crippen LogP contribution is 2.20. The van der Waals surface area contributed by atoms with Crippen molar-refractivity contribution in [3.05, 3.63) is 30.3 Å². The van der Waals surface area contributed by atoms with E-state index in [1.165, 1.54) is 11.3 Å². The molecule has 1 aliphatic heterocycles. The Kier molecular flexibility index (Phi) is 4.69. The molecule has 2 rings (SSSR count). The fourth-order valence-corrected chi connectivity index (χ4v) is 3.10. The van der Waals surface area contributed by atoms with Crippen molar-refractivity contribution in [2.45, 2.75) is 23.8 Å². The lowest BCUT2D eigenvalue weighted by molar-refractivity contribution is 0.165. The molecule has 1 aromatic carbocycles. The van der Waals surface area contributed by atoms with E-state index in [1.54, 1.807) is 0 Å². The number of hydrogen-bond donors (Lipinski definition) is 1. The molecule has 1 N–H and O–H groups in total. The predicted molar refractivity (Wildman–Crippen MR) is 68.8 cm³/mol. The van der Waals surface area contributed by atoms with Crippen molar-refractivity contribution in [1.29, 1.82) is 0 Å². The van der Waals surface area contributed by atoms with E-state index in [9.17, 15) is 5.11 Å². The van der Waals surface area contributed by atoms with Gasteiger partial charge in [-0.1, -0.05) is 18.2 Å². The molecule has 1 fully saturated rings. The largest absolute Gasteiger partial charge is 0.395 e. The molecule has 0 amide bonds. The van der Waals surface area contributed by atoms with E-state index in [1.807, 2.05) is 17.8 Å². The minimum absolute atomic E-state index is 0.315. The summed E-state index contributed by atoms with van der Waals surface area (Å²) in [4.78, 5) is 3.75. The molecule has 1 unspecified atom stereocenters. The molecule has 1 saturated heterocycles. The Bertz CT molecular complexity index is 304. The van der Waals surface area contributed by atoms with Gasteiger partial charge in [0.2, 0.25) is 0 Å². The average molecular weight is 237 g/mol. The van der Waals surface area contributed by atoms with Gasteiger partial charge in [-0.05, 0) is 31.5 Å². The van der Waals surface area contributed by atoms with Crippen LogP contribution in [0.4, 0.5) is 0 Å². The smallest absolute Gasteiger partial charge is 0.0586 e. The van der Waals surface area contributed by atoms with Crippen molar-refractivity contribution in [1.82, 2.24) is 4.90 Å². The van der Waals surface area contributed by atoms with Gasteiger partial charge in [0.15, 0.2) is 0 Å². The fraction of sp³-hybridized carbons (Fsp3) is 0.538. The van der Waals surface area contributed by atoms with Crippen LogP contribution in [-0.2, 0) is 0 Å². The summed E-state index contributed by atoms with van der Waals surface area (Å²) in [7, 11) is 0. The van der Waals surface area contributed by atoms with Crippen molar-refractivity contribution in [3.63, 3.8) is 0 Å². The monoisotopic (exact) mass is 237 g/mol. The van der Waals surface area contributed by atoms with Crippen LogP contribution in [0.25, 0.3) is 0 Å². The predicted octanol–water partition coefficient (Wildman–Crippen LogP) is 2.24. The Hall–Kier alpha value is -0.510. The molecule has 0 aromatic heterocycles. The Morgan fingerprint density at radius 1 is 1.31 bits per heavy atom. The van der Waals surface area contributed by atoms with E-state index >= 15 is 0 Å². The molecule has 1 heterocycles. The zero-order valence-corrected chi connectivity index (χ0v) is 10.3. The van der Waals surface area contributed by atoms with Crippen LogP contribution in [0.2, 0.25) is 0 Å². The first-order valence-corrected chi connectivity index (χ1v) is 6.91. The third-order valence-corrected chi connectivity index (χ3v) is 4.09. The van der Waals surface area contributed by atoms with Crippen LogP contribution < -0.4 is 0 Å². The van der Waals surface area contributed by atoms with Crippen LogP contribution in [0, 0.1) is 0 Å². The first-order valence-electron chi connectivity index (χ1n) is 5.93. The molecule has 3 heteroatoms. The molecular weight excluding hydrogens is 218 g/mol. The summed E-state index contributed by atoms with van der Waals surface area (Å²) < 4.78 is 0. The second-order valence-electron chi connectivity index (χ2n) is 4.18. The quantitative estimate of drug-likeness (QED) is 0.794. The van der Waals surface area contributed by atoms with Crippen molar-refractivity contribution in [2.75, 3.05) is 25.4 Å². The Morgan fingerprint density at radius 3 is 2.88 bits per heavy atom. The van der Waals surface area contributed by atoms with Gasteiger partial charge in [-0.15, -0.1) is 11.8 Å². The molecule has 0 aliphatic carbocycles. The van der Waals surface area contributed by atoms with Crippen LogP contribution in [0.3, 0.4) is 0 Å². The number of nitrogens with zero attached hydrogens (tertiary/aromatic N) is 1. The highest BCUT2D eigenvalue weighted by molar-refractivity contribution is 7.99. The van der Waals surface area contributed by atoms with Crippen molar-refractivity contribution in [2.24, 2.45) is 0 Å². The summed E-state index contributed by atoms with van der Waals surface area (Å²) >= 11 is 1.90. The van der Waals surface area contributed by atoms with Gasteiger partial charge < -0.3 is 5.11 Å². The van der Waals surface area contributed by atoms with Gasteiger partial charge in [0, 0.05) is 23.2 Å². The van der Waals surface area contributed by atoms with Crippen LogP contribution in [0.5, 0.6) is 0 Å². The highest BCUT2D eigenvalue weighted by atomic mass is 32.2. The zero-order valence-electron chi connectivity index (χ0n) is 9.51. The number of aliphatic hydroxyl groups excluding tert-OH is 1. The number of aliphatic hydroxyl groups is 1. The van der Waals surface area contributed by atoms with Gasteiger partial charge in [0.05, 0.1) is 6.61 Å². The number of benzene rings is 1. The molecule has 1 aliphatic rings. The topological polar surface area (TPSA) is 23.5 Å². The van der Waals surface area contributed by atoms with Gasteiger partial charge in [-0.3, -0.25) is 4.90 Å². The minimum Gasteiger partial charge on any atom is -0.395 e. The molecule has 88 valence electrons. The second-order valence-corrected chi connectivity index (χ2v) is 5.34. The minimum atomic E-state index is 0.315. The number of likely N-dealkylation sites (tertiary alicyclic amines) is 1. The molecule has 0 spiro atoms. The molecule has 2 nitrogen and oxygen atoms in total. The van der Waals surface area contributed by atoms with E-state index in [4.69, 9.17) is 0 Å². The lowest BCUT2D eigenvalue weighted by Crippen LogP contribution is -2.33. The van der Waals surface area contributed by atoms with E-state index in [2.05, 4.69) is 29.2 Å². The number of hydrogen-bond acceptors (Lipinski definition) is 3. The lowest BCUT2D eigenvalue weighted by Gasteiger charge is -2.22. The average Bonchev–Trinajstić information content (AvgIpc) is 2.78. The molecular formula is C13H19NOS. The van der Waals surface area contributed by atoms with Crippen LogP contribution in [0.1, 0.15) is 12.8 Å². The maximum Gasteiger partial charge on any atom is 0.0586 e. The SMILES string of the molecule is OCC1CCCN1CCSc1ccccc1. The standard InChI is InChI=1S/C13H19NOS/c15-11-12-5-4-8-14(12)9-10-16-13-6-2-1-3-7-13/h1-3,6-7,12,15H,4-5,8-11H2. The second kappa shape index (κ2) is 6.28. The van der Waals surface area contributed by atoms with E-state index in [0.29, 0.717) is 12.6 Å². The molecule has 16 heavy (non-hydrogen) atoms.